The Hall–Kier alpha value is -1.65. The van der Waals surface area contributed by atoms with Gasteiger partial charge in [-0.3, -0.25) is 0 Å². The van der Waals surface area contributed by atoms with Crippen LogP contribution in [0.5, 0.6) is 0 Å². The summed E-state index contributed by atoms with van der Waals surface area (Å²) in [6.45, 7) is 2.08. The van der Waals surface area contributed by atoms with Crippen molar-refractivity contribution in [2.75, 3.05) is 0 Å². The predicted octanol–water partition coefficient (Wildman–Crippen LogP) is 2.08. The zero-order valence-electron chi connectivity index (χ0n) is 11.7. The van der Waals surface area contributed by atoms with Crippen LogP contribution in [0.3, 0.4) is 0 Å². The minimum absolute atomic E-state index is 0.119. The first kappa shape index (κ1) is 15.7. The molecule has 0 saturated heterocycles. The fourth-order valence-corrected chi connectivity index (χ4v) is 4.65. The number of benzene rings is 1. The van der Waals surface area contributed by atoms with Gasteiger partial charge in [-0.1, -0.05) is 0 Å². The summed E-state index contributed by atoms with van der Waals surface area (Å²) in [4.78, 5) is 37.0. The standard InChI is InChI=1S/C15H17NO4Se/c1-2-3-8-21-9-12(15(19)20)16-13(17)10-6-4-5-7-11(10)14(16)18/h4-7,12H,2-3,8-9H2,1H3,(H,19,20). The number of hydrogen-bond acceptors (Lipinski definition) is 3. The molecule has 0 spiro atoms. The van der Waals surface area contributed by atoms with E-state index in [0.717, 1.165) is 23.1 Å². The molecule has 0 aliphatic carbocycles. The van der Waals surface area contributed by atoms with Crippen LogP contribution in [-0.2, 0) is 4.79 Å². The van der Waals surface area contributed by atoms with Gasteiger partial charge in [-0.2, -0.15) is 0 Å². The summed E-state index contributed by atoms with van der Waals surface area (Å²) in [6.07, 6.45) is 2.11. The Balaban J connectivity index is 2.17. The summed E-state index contributed by atoms with van der Waals surface area (Å²) in [7, 11) is 0. The molecule has 1 N–H and O–H groups in total. The summed E-state index contributed by atoms with van der Waals surface area (Å²) in [6, 6.07) is 5.44. The van der Waals surface area contributed by atoms with Gasteiger partial charge in [0, 0.05) is 0 Å². The molecule has 1 aliphatic heterocycles. The first-order valence-electron chi connectivity index (χ1n) is 6.85. The van der Waals surface area contributed by atoms with Crippen LogP contribution in [0, 0.1) is 0 Å². The van der Waals surface area contributed by atoms with Crippen LogP contribution in [0.15, 0.2) is 24.3 Å². The number of carbonyl (C=O) groups excluding carboxylic acids is 2. The van der Waals surface area contributed by atoms with Crippen LogP contribution in [-0.4, -0.2) is 48.8 Å². The van der Waals surface area contributed by atoms with Crippen LogP contribution in [0.25, 0.3) is 0 Å². The maximum atomic E-state index is 12.3. The van der Waals surface area contributed by atoms with Gasteiger partial charge >= 0.3 is 129 Å². The molecule has 0 saturated carbocycles. The average Bonchev–Trinajstić information content (AvgIpc) is 2.72. The van der Waals surface area contributed by atoms with E-state index in [9.17, 15) is 19.5 Å². The van der Waals surface area contributed by atoms with E-state index in [-0.39, 0.29) is 15.0 Å². The van der Waals surface area contributed by atoms with E-state index in [1.54, 1.807) is 24.3 Å². The third kappa shape index (κ3) is 3.17. The first-order chi connectivity index (χ1) is 10.1. The molecular weight excluding hydrogens is 337 g/mol. The second kappa shape index (κ2) is 6.87. The van der Waals surface area contributed by atoms with Crippen LogP contribution in [0.2, 0.25) is 10.6 Å². The van der Waals surface area contributed by atoms with Crippen LogP contribution >= 0.6 is 0 Å². The fraction of sp³-hybridized carbons (Fsp3) is 0.400. The Kier molecular flexibility index (Phi) is 5.15. The Morgan fingerprint density at radius 2 is 1.81 bits per heavy atom. The van der Waals surface area contributed by atoms with Gasteiger partial charge in [0.15, 0.2) is 0 Å². The topological polar surface area (TPSA) is 74.7 Å². The van der Waals surface area contributed by atoms with Crippen LogP contribution in [0.4, 0.5) is 0 Å². The molecular formula is C15H17NO4Se. The van der Waals surface area contributed by atoms with Crippen molar-refractivity contribution < 1.29 is 19.5 Å². The minimum atomic E-state index is -1.11. The van der Waals surface area contributed by atoms with E-state index in [1.807, 2.05) is 0 Å². The van der Waals surface area contributed by atoms with E-state index in [2.05, 4.69) is 6.92 Å². The number of nitrogens with zero attached hydrogens (tertiary/aromatic N) is 1. The predicted molar refractivity (Wildman–Crippen MR) is 78.6 cm³/mol. The Labute approximate surface area is 129 Å². The van der Waals surface area contributed by atoms with Gasteiger partial charge in [0.05, 0.1) is 0 Å². The summed E-state index contributed by atoms with van der Waals surface area (Å²) >= 11 is 0.119. The van der Waals surface area contributed by atoms with E-state index in [4.69, 9.17) is 0 Å². The molecule has 5 nitrogen and oxygen atoms in total. The van der Waals surface area contributed by atoms with Crippen molar-refractivity contribution in [3.05, 3.63) is 35.4 Å². The van der Waals surface area contributed by atoms with Crippen molar-refractivity contribution in [3.8, 4) is 0 Å². The van der Waals surface area contributed by atoms with Gasteiger partial charge < -0.3 is 0 Å². The summed E-state index contributed by atoms with van der Waals surface area (Å²) in [5.41, 5.74) is 0.601. The zero-order valence-corrected chi connectivity index (χ0v) is 13.5. The fourth-order valence-electron chi connectivity index (χ4n) is 2.19. The molecule has 1 aromatic carbocycles. The molecule has 0 radical (unpaired) electrons. The van der Waals surface area contributed by atoms with E-state index >= 15 is 0 Å². The average molecular weight is 354 g/mol. The van der Waals surface area contributed by atoms with Crippen LogP contribution in [0.1, 0.15) is 40.5 Å². The number of unbranched alkanes of at least 4 members (excludes halogenated alkanes) is 1. The molecule has 2 rings (SSSR count). The van der Waals surface area contributed by atoms with Crippen molar-refractivity contribution in [2.24, 2.45) is 0 Å². The molecule has 0 aromatic heterocycles. The molecule has 6 heteroatoms. The Morgan fingerprint density at radius 1 is 1.24 bits per heavy atom. The first-order valence-corrected chi connectivity index (χ1v) is 9.27. The van der Waals surface area contributed by atoms with Gasteiger partial charge in [-0.05, 0) is 0 Å². The summed E-state index contributed by atoms with van der Waals surface area (Å²) < 4.78 is 0. The van der Waals surface area contributed by atoms with E-state index in [0.29, 0.717) is 16.4 Å². The quantitative estimate of drug-likeness (QED) is 0.462. The number of carboxylic acids is 1. The number of aliphatic carboxylic acids is 1. The number of imide groups is 1. The van der Waals surface area contributed by atoms with Crippen molar-refractivity contribution in [3.63, 3.8) is 0 Å². The number of amides is 2. The number of fused-ring (bicyclic) bond motifs is 1. The van der Waals surface area contributed by atoms with Gasteiger partial charge in [0.25, 0.3) is 0 Å². The normalized spacial score (nSPS) is 15.2. The SMILES string of the molecule is CCCC[Se]CC(C(=O)O)N1C(=O)c2ccccc2C1=O. The van der Waals surface area contributed by atoms with E-state index < -0.39 is 23.8 Å². The van der Waals surface area contributed by atoms with E-state index in [1.165, 1.54) is 0 Å². The molecule has 1 aliphatic rings. The molecule has 21 heavy (non-hydrogen) atoms. The van der Waals surface area contributed by atoms with Crippen LogP contribution < -0.4 is 0 Å². The Morgan fingerprint density at radius 3 is 2.29 bits per heavy atom. The maximum absolute atomic E-state index is 12.3. The third-order valence-electron chi connectivity index (χ3n) is 3.34. The molecule has 112 valence electrons. The zero-order chi connectivity index (χ0) is 15.4. The number of hydrogen-bond donors (Lipinski definition) is 1. The van der Waals surface area contributed by atoms with Gasteiger partial charge in [-0.15, -0.1) is 0 Å². The molecule has 1 unspecified atom stereocenters. The summed E-state index contributed by atoms with van der Waals surface area (Å²) in [5.74, 6) is -2.09. The molecule has 0 fully saturated rings. The van der Waals surface area contributed by atoms with Crippen molar-refractivity contribution in [1.29, 1.82) is 0 Å². The monoisotopic (exact) mass is 355 g/mol. The molecule has 0 bridgehead atoms. The number of carboxylic acid groups (broad SMARTS) is 1. The van der Waals surface area contributed by atoms with Crippen molar-refractivity contribution >= 4 is 32.7 Å². The molecule has 1 heterocycles. The van der Waals surface area contributed by atoms with Gasteiger partial charge in [0.2, 0.25) is 0 Å². The molecule has 1 atom stereocenters. The number of carbonyl (C=O) groups is 3. The molecule has 2 amide bonds. The number of rotatable bonds is 7. The van der Waals surface area contributed by atoms with Crippen molar-refractivity contribution in [1.82, 2.24) is 4.90 Å². The second-order valence-corrected chi connectivity index (χ2v) is 7.22. The summed E-state index contributed by atoms with van der Waals surface area (Å²) in [5, 5.41) is 10.7. The molecule has 1 aromatic rings. The Bertz CT molecular complexity index is 538. The van der Waals surface area contributed by atoms with Gasteiger partial charge in [0.1, 0.15) is 0 Å². The van der Waals surface area contributed by atoms with Crippen molar-refractivity contribution in [2.45, 2.75) is 36.4 Å². The second-order valence-electron chi connectivity index (χ2n) is 4.81. The third-order valence-corrected chi connectivity index (χ3v) is 5.71. The van der Waals surface area contributed by atoms with Gasteiger partial charge in [-0.25, -0.2) is 0 Å².